The minimum Gasteiger partial charge on any atom is -0.0996 e. The average Bonchev–Trinajstić information content (AvgIpc) is 2.16. The molecule has 0 aromatic rings. The van der Waals surface area contributed by atoms with Gasteiger partial charge in [-0.1, -0.05) is 66.0 Å². The predicted octanol–water partition coefficient (Wildman–Crippen LogP) is 5.05. The van der Waals surface area contributed by atoms with Gasteiger partial charge in [0.1, 0.15) is 0 Å². The summed E-state index contributed by atoms with van der Waals surface area (Å²) in [4.78, 5) is 0. The summed E-state index contributed by atoms with van der Waals surface area (Å²) >= 11 is 0. The monoisotopic (exact) mass is 196 g/mol. The van der Waals surface area contributed by atoms with Gasteiger partial charge in [-0.05, 0) is 24.2 Å². The third-order valence-electron chi connectivity index (χ3n) is 3.65. The van der Waals surface area contributed by atoms with Crippen molar-refractivity contribution in [3.05, 3.63) is 12.2 Å². The molecule has 0 rings (SSSR count). The van der Waals surface area contributed by atoms with Crippen LogP contribution in [0.2, 0.25) is 0 Å². The molecule has 0 N–H and O–H groups in total. The first-order valence-corrected chi connectivity index (χ1v) is 6.22. The Bertz CT molecular complexity index is 157. The van der Waals surface area contributed by atoms with Crippen LogP contribution in [0.25, 0.3) is 0 Å². The zero-order valence-corrected chi connectivity index (χ0v) is 10.8. The Morgan fingerprint density at radius 3 is 2.07 bits per heavy atom. The number of hydrogen-bond acceptors (Lipinski definition) is 0. The fourth-order valence-corrected chi connectivity index (χ4v) is 2.13. The molecule has 0 radical (unpaired) electrons. The van der Waals surface area contributed by atoms with Gasteiger partial charge in [-0.2, -0.15) is 0 Å². The summed E-state index contributed by atoms with van der Waals surface area (Å²) in [6.07, 6.45) is 5.09. The van der Waals surface area contributed by atoms with Crippen LogP contribution in [0.5, 0.6) is 0 Å². The highest BCUT2D eigenvalue weighted by atomic mass is 14.2. The first-order valence-electron chi connectivity index (χ1n) is 6.22. The molecule has 0 aliphatic carbocycles. The second-order valence-electron chi connectivity index (χ2n) is 4.82. The van der Waals surface area contributed by atoms with Crippen molar-refractivity contribution in [2.45, 2.75) is 60.3 Å². The molecule has 3 unspecified atom stereocenters. The van der Waals surface area contributed by atoms with Crippen molar-refractivity contribution in [1.29, 1.82) is 0 Å². The Labute approximate surface area is 90.8 Å². The summed E-state index contributed by atoms with van der Waals surface area (Å²) in [6, 6.07) is 0. The second-order valence-corrected chi connectivity index (χ2v) is 4.82. The molecule has 0 fully saturated rings. The van der Waals surface area contributed by atoms with E-state index in [-0.39, 0.29) is 0 Å². The van der Waals surface area contributed by atoms with E-state index in [1.165, 1.54) is 31.3 Å². The smallest absolute Gasteiger partial charge is 0.0206 e. The van der Waals surface area contributed by atoms with Crippen LogP contribution >= 0.6 is 0 Å². The highest BCUT2D eigenvalue weighted by Crippen LogP contribution is 2.30. The molecule has 0 heterocycles. The van der Waals surface area contributed by atoms with Crippen LogP contribution in [0, 0.1) is 17.8 Å². The minimum absolute atomic E-state index is 0.691. The Balaban J connectivity index is 4.08. The lowest BCUT2D eigenvalue weighted by atomic mass is 9.78. The van der Waals surface area contributed by atoms with E-state index >= 15 is 0 Å². The van der Waals surface area contributed by atoms with E-state index in [2.05, 4.69) is 41.2 Å². The molecular formula is C14H28. The fourth-order valence-electron chi connectivity index (χ4n) is 2.13. The molecule has 0 aromatic carbocycles. The minimum atomic E-state index is 0.691. The van der Waals surface area contributed by atoms with E-state index in [0.717, 1.165) is 11.8 Å². The van der Waals surface area contributed by atoms with Gasteiger partial charge in [0, 0.05) is 0 Å². The van der Waals surface area contributed by atoms with Gasteiger partial charge in [-0.15, -0.1) is 0 Å². The van der Waals surface area contributed by atoms with Gasteiger partial charge in [-0.3, -0.25) is 0 Å². The molecule has 0 aliphatic rings. The van der Waals surface area contributed by atoms with Gasteiger partial charge in [-0.25, -0.2) is 0 Å². The lowest BCUT2D eigenvalue weighted by Crippen LogP contribution is -2.18. The van der Waals surface area contributed by atoms with Crippen molar-refractivity contribution in [2.75, 3.05) is 0 Å². The topological polar surface area (TPSA) is 0 Å². The number of hydrogen-bond donors (Lipinski definition) is 0. The molecule has 84 valence electrons. The third kappa shape index (κ3) is 4.30. The summed E-state index contributed by atoms with van der Waals surface area (Å²) in [7, 11) is 0. The second kappa shape index (κ2) is 7.09. The van der Waals surface area contributed by atoms with E-state index < -0.39 is 0 Å². The van der Waals surface area contributed by atoms with Gasteiger partial charge >= 0.3 is 0 Å². The summed E-state index contributed by atoms with van der Waals surface area (Å²) in [6.45, 7) is 15.8. The van der Waals surface area contributed by atoms with Crippen molar-refractivity contribution in [1.82, 2.24) is 0 Å². The van der Waals surface area contributed by atoms with Crippen LogP contribution in [0.3, 0.4) is 0 Å². The van der Waals surface area contributed by atoms with Crippen molar-refractivity contribution in [3.8, 4) is 0 Å². The summed E-state index contributed by atoms with van der Waals surface area (Å²) in [5, 5.41) is 0. The Hall–Kier alpha value is -0.260. The summed E-state index contributed by atoms with van der Waals surface area (Å²) in [5.74, 6) is 2.31. The van der Waals surface area contributed by atoms with E-state index in [0.29, 0.717) is 5.92 Å². The van der Waals surface area contributed by atoms with Gasteiger partial charge in [0.25, 0.3) is 0 Å². The lowest BCUT2D eigenvalue weighted by molar-refractivity contribution is 0.288. The average molecular weight is 196 g/mol. The molecule has 0 heteroatoms. The molecular weight excluding hydrogens is 168 g/mol. The Morgan fingerprint density at radius 2 is 1.64 bits per heavy atom. The number of rotatable bonds is 7. The first-order chi connectivity index (χ1) is 6.54. The van der Waals surface area contributed by atoms with Crippen LogP contribution in [0.4, 0.5) is 0 Å². The molecule has 0 amide bonds. The van der Waals surface area contributed by atoms with E-state index in [1.54, 1.807) is 0 Å². The Kier molecular flexibility index (Phi) is 6.96. The number of allylic oxidation sites excluding steroid dienone is 1. The maximum Gasteiger partial charge on any atom is -0.0206 e. The zero-order valence-electron chi connectivity index (χ0n) is 10.8. The fraction of sp³-hybridized carbons (Fsp3) is 0.857. The quantitative estimate of drug-likeness (QED) is 0.500. The van der Waals surface area contributed by atoms with Crippen molar-refractivity contribution in [3.63, 3.8) is 0 Å². The van der Waals surface area contributed by atoms with Crippen LogP contribution in [0.15, 0.2) is 12.2 Å². The standard InChI is InChI=1S/C14H28/c1-7-9-11(3)13(5)14(6)12(4)10-8-2/h12-14H,3,7-10H2,1-2,4-6H3. The van der Waals surface area contributed by atoms with Crippen molar-refractivity contribution in [2.24, 2.45) is 17.8 Å². The predicted molar refractivity (Wildman–Crippen MR) is 66.4 cm³/mol. The van der Waals surface area contributed by atoms with Gasteiger partial charge in [0.15, 0.2) is 0 Å². The van der Waals surface area contributed by atoms with E-state index in [9.17, 15) is 0 Å². The molecule has 0 saturated heterocycles. The molecule has 0 aromatic heterocycles. The van der Waals surface area contributed by atoms with E-state index in [4.69, 9.17) is 0 Å². The van der Waals surface area contributed by atoms with Crippen molar-refractivity contribution >= 4 is 0 Å². The normalized spacial score (nSPS) is 17.5. The maximum absolute atomic E-state index is 4.21. The maximum atomic E-state index is 4.21. The highest BCUT2D eigenvalue weighted by molar-refractivity contribution is 5.00. The van der Waals surface area contributed by atoms with Crippen LogP contribution in [0.1, 0.15) is 60.3 Å². The highest BCUT2D eigenvalue weighted by Gasteiger charge is 2.19. The molecule has 0 nitrogen and oxygen atoms in total. The Morgan fingerprint density at radius 1 is 1.07 bits per heavy atom. The molecule has 0 aliphatic heterocycles. The van der Waals surface area contributed by atoms with Crippen LogP contribution in [-0.4, -0.2) is 0 Å². The van der Waals surface area contributed by atoms with Crippen molar-refractivity contribution < 1.29 is 0 Å². The molecule has 0 bridgehead atoms. The molecule has 14 heavy (non-hydrogen) atoms. The van der Waals surface area contributed by atoms with Gasteiger partial charge < -0.3 is 0 Å². The van der Waals surface area contributed by atoms with Gasteiger partial charge in [0.05, 0.1) is 0 Å². The van der Waals surface area contributed by atoms with Gasteiger partial charge in [0.2, 0.25) is 0 Å². The largest absolute Gasteiger partial charge is 0.0996 e. The SMILES string of the molecule is C=C(CCC)C(C)C(C)C(C)CCC. The van der Waals surface area contributed by atoms with Crippen LogP contribution in [-0.2, 0) is 0 Å². The summed E-state index contributed by atoms with van der Waals surface area (Å²) < 4.78 is 0. The van der Waals surface area contributed by atoms with E-state index in [1.807, 2.05) is 0 Å². The van der Waals surface area contributed by atoms with Crippen LogP contribution < -0.4 is 0 Å². The first kappa shape index (κ1) is 13.7. The lowest BCUT2D eigenvalue weighted by Gasteiger charge is -2.27. The summed E-state index contributed by atoms with van der Waals surface area (Å²) in [5.41, 5.74) is 1.45. The zero-order chi connectivity index (χ0) is 11.1. The third-order valence-corrected chi connectivity index (χ3v) is 3.65. The molecule has 0 spiro atoms. The molecule has 3 atom stereocenters. The molecule has 0 saturated carbocycles.